The maximum Gasteiger partial charge on any atom is 0.287 e. The van der Waals surface area contributed by atoms with Crippen molar-refractivity contribution in [3.05, 3.63) is 60.6 Å². The first-order valence-corrected chi connectivity index (χ1v) is 9.08. The molecule has 0 radical (unpaired) electrons. The van der Waals surface area contributed by atoms with Crippen molar-refractivity contribution in [3.8, 4) is 22.6 Å². The van der Waals surface area contributed by atoms with Crippen LogP contribution in [0.4, 0.5) is 0 Å². The van der Waals surface area contributed by atoms with Crippen molar-refractivity contribution in [2.75, 3.05) is 0 Å². The number of fused-ring (bicyclic) bond motifs is 2. The number of rotatable bonds is 4. The fourth-order valence-electron chi connectivity index (χ4n) is 4.17. The molecule has 2 N–H and O–H groups in total. The molecule has 5 rings (SSSR count). The summed E-state index contributed by atoms with van der Waals surface area (Å²) in [7, 11) is 0. The molecule has 2 aromatic heterocycles. The first-order chi connectivity index (χ1) is 12.8. The highest BCUT2D eigenvalue weighted by Crippen LogP contribution is 2.33. The standard InChI is InChI=1S/C21H20N2O3/c24-21(23-17-12-13-7-8-16(17)22-13)20-10-9-19(26-20)15-5-2-1-4-14(15)18-6-3-11-25-18/h1-6,9-11,13,16-17,22H,7-8,12H2,(H,23,24)/t13-,16+,17-/m1/s1. The summed E-state index contributed by atoms with van der Waals surface area (Å²) in [4.78, 5) is 12.6. The summed E-state index contributed by atoms with van der Waals surface area (Å²) >= 11 is 0. The first kappa shape index (κ1) is 15.5. The van der Waals surface area contributed by atoms with Crippen molar-refractivity contribution < 1.29 is 13.6 Å². The van der Waals surface area contributed by atoms with Crippen LogP contribution in [0.2, 0.25) is 0 Å². The Morgan fingerprint density at radius 2 is 1.85 bits per heavy atom. The average molecular weight is 348 g/mol. The van der Waals surface area contributed by atoms with Gasteiger partial charge in [0.15, 0.2) is 5.76 Å². The Kier molecular flexibility index (Phi) is 3.68. The molecule has 0 saturated carbocycles. The number of hydrogen-bond acceptors (Lipinski definition) is 4. The molecule has 132 valence electrons. The minimum Gasteiger partial charge on any atom is -0.464 e. The second-order valence-electron chi connectivity index (χ2n) is 7.05. The molecule has 4 heterocycles. The van der Waals surface area contributed by atoms with Crippen LogP contribution in [-0.2, 0) is 0 Å². The van der Waals surface area contributed by atoms with E-state index in [1.54, 1.807) is 12.3 Å². The van der Waals surface area contributed by atoms with E-state index in [2.05, 4.69) is 10.6 Å². The number of hydrogen-bond donors (Lipinski definition) is 2. The van der Waals surface area contributed by atoms with Gasteiger partial charge in [-0.1, -0.05) is 24.3 Å². The van der Waals surface area contributed by atoms with E-state index in [-0.39, 0.29) is 11.9 Å². The van der Waals surface area contributed by atoms with Gasteiger partial charge in [-0.25, -0.2) is 0 Å². The Hall–Kier alpha value is -2.79. The molecule has 1 amide bonds. The Morgan fingerprint density at radius 1 is 1.00 bits per heavy atom. The van der Waals surface area contributed by atoms with Gasteiger partial charge in [-0.05, 0) is 43.5 Å². The Bertz CT molecular complexity index is 928. The smallest absolute Gasteiger partial charge is 0.287 e. The van der Waals surface area contributed by atoms with Crippen molar-refractivity contribution in [1.82, 2.24) is 10.6 Å². The van der Waals surface area contributed by atoms with Crippen LogP contribution < -0.4 is 10.6 Å². The summed E-state index contributed by atoms with van der Waals surface area (Å²) in [5.41, 5.74) is 1.85. The third-order valence-electron chi connectivity index (χ3n) is 5.43. The minimum absolute atomic E-state index is 0.147. The Labute approximate surface area is 151 Å². The van der Waals surface area contributed by atoms with E-state index in [0.717, 1.165) is 29.7 Å². The van der Waals surface area contributed by atoms with Crippen LogP contribution in [0.1, 0.15) is 29.8 Å². The molecule has 2 aliphatic heterocycles. The number of benzene rings is 1. The molecular formula is C21H20N2O3. The average Bonchev–Trinajstić information content (AvgIpc) is 3.46. The van der Waals surface area contributed by atoms with Crippen LogP contribution in [0, 0.1) is 0 Å². The Balaban J connectivity index is 1.38. The van der Waals surface area contributed by atoms with Crippen LogP contribution >= 0.6 is 0 Å². The molecule has 2 fully saturated rings. The summed E-state index contributed by atoms with van der Waals surface area (Å²) in [5, 5.41) is 6.65. The molecule has 5 heteroatoms. The lowest BCUT2D eigenvalue weighted by molar-refractivity contribution is 0.0903. The third-order valence-corrected chi connectivity index (χ3v) is 5.43. The van der Waals surface area contributed by atoms with E-state index >= 15 is 0 Å². The molecule has 2 bridgehead atoms. The topological polar surface area (TPSA) is 67.4 Å². The quantitative estimate of drug-likeness (QED) is 0.752. The molecule has 0 unspecified atom stereocenters. The van der Waals surface area contributed by atoms with Gasteiger partial charge in [-0.2, -0.15) is 0 Å². The predicted molar refractivity (Wildman–Crippen MR) is 97.7 cm³/mol. The van der Waals surface area contributed by atoms with Gasteiger partial charge in [0.1, 0.15) is 11.5 Å². The van der Waals surface area contributed by atoms with E-state index in [1.165, 1.54) is 6.42 Å². The SMILES string of the molecule is O=C(N[C@@H]1C[C@H]2CC[C@@H]1N2)c1ccc(-c2ccccc2-c2ccco2)o1. The van der Waals surface area contributed by atoms with Crippen molar-refractivity contribution >= 4 is 5.91 Å². The second kappa shape index (κ2) is 6.18. The highest BCUT2D eigenvalue weighted by molar-refractivity contribution is 5.92. The number of carbonyl (C=O) groups is 1. The van der Waals surface area contributed by atoms with E-state index in [4.69, 9.17) is 8.83 Å². The molecular weight excluding hydrogens is 328 g/mol. The maximum atomic E-state index is 12.6. The van der Waals surface area contributed by atoms with Gasteiger partial charge in [0.05, 0.1) is 6.26 Å². The number of nitrogens with one attached hydrogen (secondary N) is 2. The largest absolute Gasteiger partial charge is 0.464 e. The number of furan rings is 2. The van der Waals surface area contributed by atoms with E-state index in [0.29, 0.717) is 23.6 Å². The molecule has 1 aromatic carbocycles. The van der Waals surface area contributed by atoms with Crippen LogP contribution in [0.5, 0.6) is 0 Å². The zero-order chi connectivity index (χ0) is 17.5. The van der Waals surface area contributed by atoms with E-state index in [1.807, 2.05) is 42.5 Å². The number of carbonyl (C=O) groups excluding carboxylic acids is 1. The zero-order valence-corrected chi connectivity index (χ0v) is 14.3. The molecule has 5 nitrogen and oxygen atoms in total. The highest BCUT2D eigenvalue weighted by atomic mass is 16.4. The highest BCUT2D eigenvalue weighted by Gasteiger charge is 2.40. The zero-order valence-electron chi connectivity index (χ0n) is 14.3. The maximum absolute atomic E-state index is 12.6. The molecule has 0 spiro atoms. The predicted octanol–water partition coefficient (Wildman–Crippen LogP) is 3.83. The molecule has 2 saturated heterocycles. The summed E-state index contributed by atoms with van der Waals surface area (Å²) in [6.07, 6.45) is 5.00. The van der Waals surface area contributed by atoms with Crippen molar-refractivity contribution in [2.45, 2.75) is 37.4 Å². The summed E-state index contributed by atoms with van der Waals surface area (Å²) in [5.74, 6) is 1.63. The van der Waals surface area contributed by atoms with Crippen LogP contribution in [0.3, 0.4) is 0 Å². The van der Waals surface area contributed by atoms with Gasteiger partial charge >= 0.3 is 0 Å². The summed E-state index contributed by atoms with van der Waals surface area (Å²) in [6, 6.07) is 16.4. The third kappa shape index (κ3) is 2.65. The fourth-order valence-corrected chi connectivity index (χ4v) is 4.17. The molecule has 26 heavy (non-hydrogen) atoms. The summed E-state index contributed by atoms with van der Waals surface area (Å²) < 4.78 is 11.4. The van der Waals surface area contributed by atoms with Gasteiger partial charge in [0, 0.05) is 29.3 Å². The van der Waals surface area contributed by atoms with Gasteiger partial charge in [0.2, 0.25) is 0 Å². The van der Waals surface area contributed by atoms with Gasteiger partial charge < -0.3 is 19.5 Å². The van der Waals surface area contributed by atoms with Crippen molar-refractivity contribution in [1.29, 1.82) is 0 Å². The van der Waals surface area contributed by atoms with E-state index in [9.17, 15) is 4.79 Å². The van der Waals surface area contributed by atoms with Crippen LogP contribution in [0.25, 0.3) is 22.6 Å². The number of amides is 1. The lowest BCUT2D eigenvalue weighted by atomic mass is 9.95. The van der Waals surface area contributed by atoms with Crippen molar-refractivity contribution in [2.24, 2.45) is 0 Å². The lowest BCUT2D eigenvalue weighted by Gasteiger charge is -2.20. The van der Waals surface area contributed by atoms with Gasteiger partial charge in [-0.15, -0.1) is 0 Å². The van der Waals surface area contributed by atoms with Gasteiger partial charge in [-0.3, -0.25) is 4.79 Å². The van der Waals surface area contributed by atoms with Gasteiger partial charge in [0.25, 0.3) is 5.91 Å². The second-order valence-corrected chi connectivity index (χ2v) is 7.05. The molecule has 3 aromatic rings. The molecule has 3 atom stereocenters. The van der Waals surface area contributed by atoms with Crippen molar-refractivity contribution in [3.63, 3.8) is 0 Å². The fraction of sp³-hybridized carbons (Fsp3) is 0.286. The minimum atomic E-state index is -0.147. The van der Waals surface area contributed by atoms with E-state index < -0.39 is 0 Å². The lowest BCUT2D eigenvalue weighted by Crippen LogP contribution is -2.42. The Morgan fingerprint density at radius 3 is 2.54 bits per heavy atom. The van der Waals surface area contributed by atoms with Crippen LogP contribution in [-0.4, -0.2) is 24.0 Å². The summed E-state index contributed by atoms with van der Waals surface area (Å²) in [6.45, 7) is 0. The monoisotopic (exact) mass is 348 g/mol. The normalized spacial score (nSPS) is 24.1. The first-order valence-electron chi connectivity index (χ1n) is 9.08. The van der Waals surface area contributed by atoms with Crippen LogP contribution in [0.15, 0.2) is 63.6 Å². The molecule has 2 aliphatic rings. The molecule has 0 aliphatic carbocycles.